The Morgan fingerprint density at radius 3 is 2.23 bits per heavy atom. The molecule has 0 spiro atoms. The molecule has 0 saturated carbocycles. The van der Waals surface area contributed by atoms with Crippen LogP contribution >= 0.6 is 7.92 Å². The lowest BCUT2D eigenvalue weighted by molar-refractivity contribution is 1.28. The Labute approximate surface area is 83.1 Å². The van der Waals surface area contributed by atoms with E-state index in [0.29, 0.717) is 0 Å². The van der Waals surface area contributed by atoms with E-state index in [9.17, 15) is 0 Å². The van der Waals surface area contributed by atoms with E-state index in [4.69, 9.17) is 0 Å². The fourth-order valence-electron chi connectivity index (χ4n) is 1.53. The predicted octanol–water partition coefficient (Wildman–Crippen LogP) is 3.37. The molecule has 1 atom stereocenters. The third-order valence-corrected chi connectivity index (χ3v) is 5.17. The van der Waals surface area contributed by atoms with Crippen LogP contribution in [0.1, 0.15) is 23.6 Å². The monoisotopic (exact) mass is 194 g/mol. The van der Waals surface area contributed by atoms with Gasteiger partial charge in [0.25, 0.3) is 0 Å². The standard InChI is InChI=1S/C12H19P/c1-6-13(5)12-8-7-9(2)10(3)11(12)4/h7-8H,6H2,1-5H3. The summed E-state index contributed by atoms with van der Waals surface area (Å²) in [5.41, 5.74) is 4.40. The first-order valence-corrected chi connectivity index (χ1v) is 6.83. The Bertz CT molecular complexity index is 302. The maximum Gasteiger partial charge on any atom is -0.0211 e. The molecule has 0 aromatic heterocycles. The Hall–Kier alpha value is -0.350. The van der Waals surface area contributed by atoms with Crippen molar-refractivity contribution in [2.24, 2.45) is 0 Å². The highest BCUT2D eigenvalue weighted by Gasteiger charge is 2.08. The van der Waals surface area contributed by atoms with Crippen LogP contribution in [0.5, 0.6) is 0 Å². The first kappa shape index (κ1) is 10.7. The van der Waals surface area contributed by atoms with Crippen molar-refractivity contribution in [3.8, 4) is 0 Å². The molecule has 1 unspecified atom stereocenters. The van der Waals surface area contributed by atoms with Crippen molar-refractivity contribution < 1.29 is 0 Å². The highest BCUT2D eigenvalue weighted by molar-refractivity contribution is 7.64. The van der Waals surface area contributed by atoms with Crippen LogP contribution < -0.4 is 5.30 Å². The second-order valence-corrected chi connectivity index (χ2v) is 6.18. The molecule has 0 aliphatic rings. The van der Waals surface area contributed by atoms with Gasteiger partial charge in [-0.05, 0) is 55.6 Å². The first-order valence-electron chi connectivity index (χ1n) is 4.85. The van der Waals surface area contributed by atoms with Gasteiger partial charge in [0.05, 0.1) is 0 Å². The van der Waals surface area contributed by atoms with Crippen LogP contribution in [0, 0.1) is 20.8 Å². The lowest BCUT2D eigenvalue weighted by atomic mass is 10.1. The molecule has 0 radical (unpaired) electrons. The summed E-state index contributed by atoms with van der Waals surface area (Å²) in [7, 11) is 0.0771. The summed E-state index contributed by atoms with van der Waals surface area (Å²) in [6.45, 7) is 11.3. The summed E-state index contributed by atoms with van der Waals surface area (Å²) in [4.78, 5) is 0. The molecule has 1 rings (SSSR count). The van der Waals surface area contributed by atoms with Crippen LogP contribution in [-0.4, -0.2) is 12.8 Å². The lowest BCUT2D eigenvalue weighted by Crippen LogP contribution is -2.08. The lowest BCUT2D eigenvalue weighted by Gasteiger charge is -2.16. The molecule has 1 aromatic rings. The van der Waals surface area contributed by atoms with Crippen molar-refractivity contribution in [2.75, 3.05) is 12.8 Å². The van der Waals surface area contributed by atoms with E-state index in [2.05, 4.69) is 46.5 Å². The molecular formula is C12H19P. The van der Waals surface area contributed by atoms with Gasteiger partial charge in [0, 0.05) is 0 Å². The summed E-state index contributed by atoms with van der Waals surface area (Å²) in [5, 5.41) is 1.58. The number of aryl methyl sites for hydroxylation is 1. The van der Waals surface area contributed by atoms with E-state index >= 15 is 0 Å². The number of benzene rings is 1. The van der Waals surface area contributed by atoms with Crippen LogP contribution in [-0.2, 0) is 0 Å². The molecule has 0 saturated heterocycles. The Balaban J connectivity index is 3.18. The van der Waals surface area contributed by atoms with E-state index in [1.54, 1.807) is 5.30 Å². The zero-order valence-corrected chi connectivity index (χ0v) is 10.2. The molecule has 0 fully saturated rings. The quantitative estimate of drug-likeness (QED) is 0.633. The zero-order chi connectivity index (χ0) is 10.0. The van der Waals surface area contributed by atoms with Gasteiger partial charge in [-0.1, -0.05) is 27.0 Å². The third kappa shape index (κ3) is 2.11. The number of hydrogen-bond acceptors (Lipinski definition) is 0. The van der Waals surface area contributed by atoms with Gasteiger partial charge in [-0.25, -0.2) is 0 Å². The van der Waals surface area contributed by atoms with Crippen molar-refractivity contribution in [1.82, 2.24) is 0 Å². The fourth-order valence-corrected chi connectivity index (χ4v) is 2.94. The van der Waals surface area contributed by atoms with Crippen molar-refractivity contribution in [2.45, 2.75) is 27.7 Å². The molecular weight excluding hydrogens is 175 g/mol. The molecule has 1 heteroatoms. The van der Waals surface area contributed by atoms with Gasteiger partial charge < -0.3 is 0 Å². The van der Waals surface area contributed by atoms with Crippen LogP contribution in [0.4, 0.5) is 0 Å². The predicted molar refractivity (Wildman–Crippen MR) is 63.7 cm³/mol. The van der Waals surface area contributed by atoms with Crippen molar-refractivity contribution in [1.29, 1.82) is 0 Å². The van der Waals surface area contributed by atoms with Crippen molar-refractivity contribution in [3.63, 3.8) is 0 Å². The van der Waals surface area contributed by atoms with Crippen molar-refractivity contribution in [3.05, 3.63) is 28.8 Å². The third-order valence-electron chi connectivity index (χ3n) is 2.92. The fraction of sp³-hybridized carbons (Fsp3) is 0.500. The van der Waals surface area contributed by atoms with E-state index in [-0.39, 0.29) is 7.92 Å². The van der Waals surface area contributed by atoms with Gasteiger partial charge in [0.2, 0.25) is 0 Å². The smallest absolute Gasteiger partial charge is 0.0211 e. The summed E-state index contributed by atoms with van der Waals surface area (Å²) in [5.74, 6) is 0. The number of rotatable bonds is 2. The van der Waals surface area contributed by atoms with Gasteiger partial charge in [-0.15, -0.1) is 0 Å². The molecule has 0 aliphatic carbocycles. The van der Waals surface area contributed by atoms with E-state index in [1.807, 2.05) is 0 Å². The van der Waals surface area contributed by atoms with Gasteiger partial charge in [-0.3, -0.25) is 0 Å². The summed E-state index contributed by atoms with van der Waals surface area (Å²) in [6, 6.07) is 4.57. The SMILES string of the molecule is CCP(C)c1ccc(C)c(C)c1C. The Morgan fingerprint density at radius 2 is 1.69 bits per heavy atom. The molecule has 72 valence electrons. The largest absolute Gasteiger partial charge is 0.0785 e. The topological polar surface area (TPSA) is 0 Å². The minimum Gasteiger partial charge on any atom is -0.0785 e. The normalized spacial score (nSPS) is 13.0. The number of hydrogen-bond donors (Lipinski definition) is 0. The summed E-state index contributed by atoms with van der Waals surface area (Å²) >= 11 is 0. The van der Waals surface area contributed by atoms with Crippen molar-refractivity contribution >= 4 is 13.2 Å². The highest BCUT2D eigenvalue weighted by atomic mass is 31.1. The second kappa shape index (κ2) is 4.24. The second-order valence-electron chi connectivity index (χ2n) is 3.67. The average Bonchev–Trinajstić information content (AvgIpc) is 2.13. The van der Waals surface area contributed by atoms with E-state index in [1.165, 1.54) is 22.9 Å². The van der Waals surface area contributed by atoms with Crippen LogP contribution in [0.25, 0.3) is 0 Å². The minimum atomic E-state index is 0.0771. The molecule has 0 amide bonds. The summed E-state index contributed by atoms with van der Waals surface area (Å²) in [6.07, 6.45) is 1.29. The minimum absolute atomic E-state index is 0.0771. The molecule has 0 heterocycles. The molecule has 0 aliphatic heterocycles. The van der Waals surface area contributed by atoms with Crippen LogP contribution in [0.3, 0.4) is 0 Å². The van der Waals surface area contributed by atoms with Gasteiger partial charge in [0.1, 0.15) is 0 Å². The van der Waals surface area contributed by atoms with Gasteiger partial charge >= 0.3 is 0 Å². The van der Waals surface area contributed by atoms with E-state index in [0.717, 1.165) is 0 Å². The zero-order valence-electron chi connectivity index (χ0n) is 9.31. The highest BCUT2D eigenvalue weighted by Crippen LogP contribution is 2.31. The summed E-state index contributed by atoms with van der Waals surface area (Å²) < 4.78 is 0. The van der Waals surface area contributed by atoms with E-state index < -0.39 is 0 Å². The Morgan fingerprint density at radius 1 is 1.08 bits per heavy atom. The average molecular weight is 194 g/mol. The first-order chi connectivity index (χ1) is 6.07. The molecule has 1 aromatic carbocycles. The maximum atomic E-state index is 2.37. The van der Waals surface area contributed by atoms with Gasteiger partial charge in [-0.2, -0.15) is 0 Å². The van der Waals surface area contributed by atoms with Crippen LogP contribution in [0.15, 0.2) is 12.1 Å². The molecule has 13 heavy (non-hydrogen) atoms. The Kier molecular flexibility index (Phi) is 3.50. The van der Waals surface area contributed by atoms with Crippen LogP contribution in [0.2, 0.25) is 0 Å². The van der Waals surface area contributed by atoms with Gasteiger partial charge in [0.15, 0.2) is 0 Å². The molecule has 0 bridgehead atoms. The maximum absolute atomic E-state index is 2.37. The molecule has 0 nitrogen and oxygen atoms in total. The molecule has 0 N–H and O–H groups in total.